The maximum atomic E-state index is 12.4. The third-order valence-electron chi connectivity index (χ3n) is 4.74. The fourth-order valence-corrected chi connectivity index (χ4v) is 3.19. The number of ether oxygens (including phenoxy) is 1. The monoisotopic (exact) mass is 312 g/mol. The molecule has 2 fully saturated rings. The summed E-state index contributed by atoms with van der Waals surface area (Å²) < 4.78 is 5.79. The summed E-state index contributed by atoms with van der Waals surface area (Å²) in [5, 5.41) is 12.1. The van der Waals surface area contributed by atoms with Gasteiger partial charge in [-0.1, -0.05) is 13.8 Å². The maximum absolute atomic E-state index is 12.4. The van der Waals surface area contributed by atoms with Crippen LogP contribution < -0.4 is 5.32 Å². The van der Waals surface area contributed by atoms with Gasteiger partial charge >= 0.3 is 12.0 Å². The lowest BCUT2D eigenvalue weighted by Crippen LogP contribution is -2.48. The second-order valence-electron chi connectivity index (χ2n) is 6.79. The zero-order chi connectivity index (χ0) is 16.1. The molecule has 1 heterocycles. The normalized spacial score (nSPS) is 30.0. The summed E-state index contributed by atoms with van der Waals surface area (Å²) >= 11 is 0. The number of hydrogen-bond acceptors (Lipinski definition) is 3. The minimum Gasteiger partial charge on any atom is -0.481 e. The van der Waals surface area contributed by atoms with Crippen molar-refractivity contribution in [3.05, 3.63) is 0 Å². The molecule has 1 aliphatic carbocycles. The van der Waals surface area contributed by atoms with Crippen LogP contribution in [0.3, 0.4) is 0 Å². The highest BCUT2D eigenvalue weighted by molar-refractivity contribution is 5.74. The molecule has 1 unspecified atom stereocenters. The summed E-state index contributed by atoms with van der Waals surface area (Å²) in [4.78, 5) is 25.3. The van der Waals surface area contributed by atoms with Gasteiger partial charge in [-0.2, -0.15) is 0 Å². The van der Waals surface area contributed by atoms with Crippen LogP contribution in [0.5, 0.6) is 0 Å². The van der Waals surface area contributed by atoms with Gasteiger partial charge in [-0.3, -0.25) is 4.79 Å². The molecule has 1 atom stereocenters. The highest BCUT2D eigenvalue weighted by Crippen LogP contribution is 2.24. The Balaban J connectivity index is 1.82. The second-order valence-corrected chi connectivity index (χ2v) is 6.79. The number of hydrogen-bond donors (Lipinski definition) is 2. The van der Waals surface area contributed by atoms with Gasteiger partial charge in [0.25, 0.3) is 0 Å². The van der Waals surface area contributed by atoms with Crippen molar-refractivity contribution in [3.8, 4) is 0 Å². The molecule has 6 nitrogen and oxygen atoms in total. The number of carbonyl (C=O) groups excluding carboxylic acids is 1. The van der Waals surface area contributed by atoms with Gasteiger partial charge in [-0.05, 0) is 38.0 Å². The number of carbonyl (C=O) groups is 2. The van der Waals surface area contributed by atoms with Gasteiger partial charge in [0, 0.05) is 25.7 Å². The molecular formula is C16H28N2O4. The molecule has 2 amide bonds. The van der Waals surface area contributed by atoms with Crippen molar-refractivity contribution < 1.29 is 19.4 Å². The predicted octanol–water partition coefficient (Wildman–Crippen LogP) is 2.09. The minimum atomic E-state index is -0.714. The highest BCUT2D eigenvalue weighted by Gasteiger charge is 2.29. The van der Waals surface area contributed by atoms with E-state index in [2.05, 4.69) is 19.2 Å². The first-order chi connectivity index (χ1) is 10.5. The van der Waals surface area contributed by atoms with E-state index >= 15 is 0 Å². The van der Waals surface area contributed by atoms with E-state index in [-0.39, 0.29) is 24.1 Å². The molecule has 2 rings (SSSR count). The fraction of sp³-hybridized carbons (Fsp3) is 0.875. The van der Waals surface area contributed by atoms with E-state index in [1.165, 1.54) is 0 Å². The largest absolute Gasteiger partial charge is 0.481 e. The molecule has 126 valence electrons. The summed E-state index contributed by atoms with van der Waals surface area (Å²) in [7, 11) is 0. The molecule has 0 spiro atoms. The number of nitrogens with one attached hydrogen (secondary N) is 1. The van der Waals surface area contributed by atoms with Crippen molar-refractivity contribution in [2.45, 2.75) is 58.1 Å². The zero-order valence-corrected chi connectivity index (χ0v) is 13.6. The van der Waals surface area contributed by atoms with Crippen molar-refractivity contribution in [1.82, 2.24) is 10.2 Å². The Labute approximate surface area is 132 Å². The number of aliphatic carboxylic acids is 1. The Morgan fingerprint density at radius 2 is 1.91 bits per heavy atom. The Morgan fingerprint density at radius 3 is 2.50 bits per heavy atom. The van der Waals surface area contributed by atoms with Crippen LogP contribution in [-0.4, -0.2) is 53.8 Å². The number of amides is 2. The molecule has 1 saturated carbocycles. The van der Waals surface area contributed by atoms with Crippen molar-refractivity contribution in [3.63, 3.8) is 0 Å². The molecule has 0 bridgehead atoms. The van der Waals surface area contributed by atoms with Gasteiger partial charge < -0.3 is 20.1 Å². The first-order valence-corrected chi connectivity index (χ1v) is 8.37. The zero-order valence-electron chi connectivity index (χ0n) is 13.6. The average Bonchev–Trinajstić information content (AvgIpc) is 2.74. The van der Waals surface area contributed by atoms with E-state index in [0.717, 1.165) is 25.8 Å². The molecule has 1 aliphatic heterocycles. The van der Waals surface area contributed by atoms with E-state index in [1.807, 2.05) is 4.90 Å². The van der Waals surface area contributed by atoms with Gasteiger partial charge in [0.05, 0.1) is 12.0 Å². The van der Waals surface area contributed by atoms with Crippen LogP contribution >= 0.6 is 0 Å². The quantitative estimate of drug-likeness (QED) is 0.836. The van der Waals surface area contributed by atoms with E-state index < -0.39 is 5.97 Å². The van der Waals surface area contributed by atoms with Gasteiger partial charge in [0.1, 0.15) is 0 Å². The Bertz CT molecular complexity index is 392. The molecule has 2 aliphatic rings. The predicted molar refractivity (Wildman–Crippen MR) is 82.7 cm³/mol. The minimum absolute atomic E-state index is 0.0325. The lowest BCUT2D eigenvalue weighted by Gasteiger charge is -2.31. The van der Waals surface area contributed by atoms with Crippen LogP contribution in [0.15, 0.2) is 0 Å². The lowest BCUT2D eigenvalue weighted by atomic mass is 9.86. The molecule has 0 aromatic heterocycles. The third kappa shape index (κ3) is 4.60. The molecule has 0 aromatic carbocycles. The number of nitrogens with zero attached hydrogens (tertiary/aromatic N) is 1. The number of urea groups is 1. The lowest BCUT2D eigenvalue weighted by molar-refractivity contribution is -0.142. The van der Waals surface area contributed by atoms with E-state index in [0.29, 0.717) is 31.9 Å². The Kier molecular flexibility index (Phi) is 6.06. The van der Waals surface area contributed by atoms with Gasteiger partial charge in [0.15, 0.2) is 0 Å². The van der Waals surface area contributed by atoms with Crippen LogP contribution in [0, 0.1) is 11.8 Å². The van der Waals surface area contributed by atoms with Crippen molar-refractivity contribution >= 4 is 12.0 Å². The van der Waals surface area contributed by atoms with E-state index in [1.54, 1.807) is 0 Å². The Hall–Kier alpha value is -1.30. The molecule has 1 saturated heterocycles. The summed E-state index contributed by atoms with van der Waals surface area (Å²) in [5.41, 5.74) is 0. The van der Waals surface area contributed by atoms with Crippen LogP contribution in [0.4, 0.5) is 4.79 Å². The van der Waals surface area contributed by atoms with E-state index in [4.69, 9.17) is 9.84 Å². The van der Waals surface area contributed by atoms with E-state index in [9.17, 15) is 9.59 Å². The first kappa shape index (κ1) is 17.1. The van der Waals surface area contributed by atoms with Crippen molar-refractivity contribution in [1.29, 1.82) is 0 Å². The third-order valence-corrected chi connectivity index (χ3v) is 4.74. The van der Waals surface area contributed by atoms with Crippen LogP contribution in [0.25, 0.3) is 0 Å². The summed E-state index contributed by atoms with van der Waals surface area (Å²) in [5.74, 6) is -0.571. The first-order valence-electron chi connectivity index (χ1n) is 8.37. The molecular weight excluding hydrogens is 284 g/mol. The van der Waals surface area contributed by atoms with Gasteiger partial charge in [-0.15, -0.1) is 0 Å². The Morgan fingerprint density at radius 1 is 1.23 bits per heavy atom. The highest BCUT2D eigenvalue weighted by atomic mass is 16.5. The molecule has 0 aromatic rings. The molecule has 2 N–H and O–H groups in total. The van der Waals surface area contributed by atoms with Crippen molar-refractivity contribution in [2.24, 2.45) is 11.8 Å². The van der Waals surface area contributed by atoms with Crippen LogP contribution in [-0.2, 0) is 9.53 Å². The fourth-order valence-electron chi connectivity index (χ4n) is 3.19. The molecule has 6 heteroatoms. The standard InChI is InChI=1S/C16H28N2O4/c1-11(2)14-10-18(8-3-9-22-14)16(21)17-13-6-4-12(5-7-13)15(19)20/h11-14H,3-10H2,1-2H3,(H,17,21)(H,19,20). The molecule has 22 heavy (non-hydrogen) atoms. The second kappa shape index (κ2) is 7.81. The SMILES string of the molecule is CC(C)C1CN(C(=O)NC2CCC(C(=O)O)CC2)CCCO1. The smallest absolute Gasteiger partial charge is 0.317 e. The van der Waals surface area contributed by atoms with Gasteiger partial charge in [-0.25, -0.2) is 4.79 Å². The summed E-state index contributed by atoms with van der Waals surface area (Å²) in [6.07, 6.45) is 3.76. The topological polar surface area (TPSA) is 78.9 Å². The van der Waals surface area contributed by atoms with Crippen molar-refractivity contribution in [2.75, 3.05) is 19.7 Å². The van der Waals surface area contributed by atoms with Gasteiger partial charge in [0.2, 0.25) is 0 Å². The number of carboxylic acids is 1. The summed E-state index contributed by atoms with van der Waals surface area (Å²) in [6.45, 7) is 6.28. The van der Waals surface area contributed by atoms with Crippen LogP contribution in [0.2, 0.25) is 0 Å². The summed E-state index contributed by atoms with van der Waals surface area (Å²) in [6, 6.07) is 0.0692. The maximum Gasteiger partial charge on any atom is 0.317 e. The number of rotatable bonds is 3. The average molecular weight is 312 g/mol. The van der Waals surface area contributed by atoms with Crippen LogP contribution in [0.1, 0.15) is 46.0 Å². The number of carboxylic acid groups (broad SMARTS) is 1. The molecule has 0 radical (unpaired) electrons.